The maximum atomic E-state index is 8.83. The smallest absolute Gasteiger partial charge is 0.0431 e. The molecule has 0 bridgehead atoms. The third kappa shape index (κ3) is 6.78. The third-order valence-corrected chi connectivity index (χ3v) is 3.43. The SMILES string of the molecule is Nc1ccc(N(CCCCCO)CCCCCO)cc1. The molecular weight excluding hydrogens is 252 g/mol. The number of hydrogen-bond acceptors (Lipinski definition) is 4. The highest BCUT2D eigenvalue weighted by molar-refractivity contribution is 5.53. The first-order chi connectivity index (χ1) is 9.77. The molecule has 0 fully saturated rings. The van der Waals surface area contributed by atoms with E-state index in [9.17, 15) is 0 Å². The number of nitrogen functional groups attached to an aromatic ring is 1. The summed E-state index contributed by atoms with van der Waals surface area (Å²) in [6, 6.07) is 7.99. The Kier molecular flexibility index (Phi) is 8.83. The summed E-state index contributed by atoms with van der Waals surface area (Å²) in [5.74, 6) is 0. The van der Waals surface area contributed by atoms with E-state index in [0.29, 0.717) is 0 Å². The average molecular weight is 280 g/mol. The van der Waals surface area contributed by atoms with Gasteiger partial charge in [0.25, 0.3) is 0 Å². The van der Waals surface area contributed by atoms with Crippen LogP contribution >= 0.6 is 0 Å². The van der Waals surface area contributed by atoms with Crippen LogP contribution in [0.15, 0.2) is 24.3 Å². The molecule has 0 unspecified atom stereocenters. The summed E-state index contributed by atoms with van der Waals surface area (Å²) in [5.41, 5.74) is 7.72. The van der Waals surface area contributed by atoms with Crippen LogP contribution in [0.25, 0.3) is 0 Å². The second-order valence-electron chi connectivity index (χ2n) is 5.15. The van der Waals surface area contributed by atoms with Crippen molar-refractivity contribution >= 4 is 11.4 Å². The maximum Gasteiger partial charge on any atom is 0.0431 e. The van der Waals surface area contributed by atoms with Crippen molar-refractivity contribution in [2.45, 2.75) is 38.5 Å². The van der Waals surface area contributed by atoms with Crippen molar-refractivity contribution in [1.82, 2.24) is 0 Å². The molecule has 0 atom stereocenters. The number of nitrogens with zero attached hydrogens (tertiary/aromatic N) is 1. The van der Waals surface area contributed by atoms with Gasteiger partial charge in [-0.3, -0.25) is 0 Å². The summed E-state index contributed by atoms with van der Waals surface area (Å²) < 4.78 is 0. The molecule has 0 aliphatic rings. The Bertz CT molecular complexity index is 329. The van der Waals surface area contributed by atoms with Crippen molar-refractivity contribution in [2.24, 2.45) is 0 Å². The molecule has 0 aliphatic heterocycles. The zero-order valence-corrected chi connectivity index (χ0v) is 12.3. The van der Waals surface area contributed by atoms with E-state index in [1.807, 2.05) is 12.1 Å². The van der Waals surface area contributed by atoms with Gasteiger partial charge < -0.3 is 20.8 Å². The van der Waals surface area contributed by atoms with E-state index in [1.165, 1.54) is 5.69 Å². The summed E-state index contributed by atoms with van der Waals surface area (Å²) in [7, 11) is 0. The lowest BCUT2D eigenvalue weighted by molar-refractivity contribution is 0.282. The fourth-order valence-corrected chi connectivity index (χ4v) is 2.24. The summed E-state index contributed by atoms with van der Waals surface area (Å²) in [6.07, 6.45) is 6.03. The van der Waals surface area contributed by atoms with Gasteiger partial charge in [0.05, 0.1) is 0 Å². The van der Waals surface area contributed by atoms with E-state index < -0.39 is 0 Å². The Morgan fingerprint density at radius 3 is 1.70 bits per heavy atom. The lowest BCUT2D eigenvalue weighted by atomic mass is 10.2. The highest BCUT2D eigenvalue weighted by atomic mass is 16.3. The Hall–Kier alpha value is -1.26. The van der Waals surface area contributed by atoms with Crippen molar-refractivity contribution in [1.29, 1.82) is 0 Å². The molecule has 0 aliphatic carbocycles. The first kappa shape index (κ1) is 16.8. The number of rotatable bonds is 11. The zero-order valence-electron chi connectivity index (χ0n) is 12.3. The van der Waals surface area contributed by atoms with Crippen LogP contribution in [0.4, 0.5) is 11.4 Å². The monoisotopic (exact) mass is 280 g/mol. The minimum absolute atomic E-state index is 0.276. The molecule has 0 amide bonds. The van der Waals surface area contributed by atoms with Crippen molar-refractivity contribution in [3.05, 3.63) is 24.3 Å². The predicted molar refractivity (Wildman–Crippen MR) is 84.9 cm³/mol. The molecule has 0 spiro atoms. The molecule has 1 aromatic rings. The molecule has 0 radical (unpaired) electrons. The molecule has 0 heterocycles. The number of benzene rings is 1. The van der Waals surface area contributed by atoms with Crippen molar-refractivity contribution in [2.75, 3.05) is 36.9 Å². The van der Waals surface area contributed by atoms with Crippen LogP contribution < -0.4 is 10.6 Å². The molecule has 1 rings (SSSR count). The topological polar surface area (TPSA) is 69.7 Å². The van der Waals surface area contributed by atoms with Crippen LogP contribution in [0.2, 0.25) is 0 Å². The van der Waals surface area contributed by atoms with Crippen LogP contribution in [0.3, 0.4) is 0 Å². The first-order valence-corrected chi connectivity index (χ1v) is 7.60. The van der Waals surface area contributed by atoms with Crippen LogP contribution in [-0.4, -0.2) is 36.5 Å². The van der Waals surface area contributed by atoms with Gasteiger partial charge in [0.15, 0.2) is 0 Å². The van der Waals surface area contributed by atoms with Gasteiger partial charge in [-0.05, 0) is 62.8 Å². The van der Waals surface area contributed by atoms with E-state index in [0.717, 1.165) is 57.3 Å². The second-order valence-corrected chi connectivity index (χ2v) is 5.15. The van der Waals surface area contributed by atoms with Crippen molar-refractivity contribution < 1.29 is 10.2 Å². The molecule has 1 aromatic carbocycles. The number of hydrogen-bond donors (Lipinski definition) is 3. The molecule has 114 valence electrons. The number of aliphatic hydroxyl groups excluding tert-OH is 2. The molecule has 4 N–H and O–H groups in total. The van der Waals surface area contributed by atoms with E-state index in [4.69, 9.17) is 15.9 Å². The normalized spacial score (nSPS) is 10.7. The highest BCUT2D eigenvalue weighted by Crippen LogP contribution is 2.18. The average Bonchev–Trinajstić information content (AvgIpc) is 2.47. The van der Waals surface area contributed by atoms with Gasteiger partial charge in [0.1, 0.15) is 0 Å². The largest absolute Gasteiger partial charge is 0.399 e. The fraction of sp³-hybridized carbons (Fsp3) is 0.625. The number of nitrogens with two attached hydrogens (primary N) is 1. The zero-order chi connectivity index (χ0) is 14.6. The van der Waals surface area contributed by atoms with Crippen molar-refractivity contribution in [3.63, 3.8) is 0 Å². The van der Waals surface area contributed by atoms with Crippen LogP contribution in [0.1, 0.15) is 38.5 Å². The Morgan fingerprint density at radius 2 is 1.25 bits per heavy atom. The molecular formula is C16H28N2O2. The minimum atomic E-state index is 0.276. The molecule has 0 saturated heterocycles. The van der Waals surface area contributed by atoms with E-state index in [1.54, 1.807) is 0 Å². The molecule has 0 aromatic heterocycles. The lowest BCUT2D eigenvalue weighted by Gasteiger charge is -2.25. The Balaban J connectivity index is 2.47. The number of aliphatic hydroxyl groups is 2. The maximum absolute atomic E-state index is 8.83. The van der Waals surface area contributed by atoms with E-state index >= 15 is 0 Å². The third-order valence-electron chi connectivity index (χ3n) is 3.43. The van der Waals surface area contributed by atoms with Gasteiger partial charge in [0, 0.05) is 37.7 Å². The predicted octanol–water partition coefficient (Wildman–Crippen LogP) is 2.40. The van der Waals surface area contributed by atoms with Crippen LogP contribution in [0, 0.1) is 0 Å². The summed E-state index contributed by atoms with van der Waals surface area (Å²) >= 11 is 0. The molecule has 0 saturated carbocycles. The minimum Gasteiger partial charge on any atom is -0.399 e. The van der Waals surface area contributed by atoms with E-state index in [-0.39, 0.29) is 13.2 Å². The standard InChI is InChI=1S/C16H28N2O2/c17-15-7-9-16(10-8-15)18(11-3-1-5-13-19)12-4-2-6-14-20/h7-10,19-20H,1-6,11-14,17H2. The van der Waals surface area contributed by atoms with Gasteiger partial charge in [0.2, 0.25) is 0 Å². The van der Waals surface area contributed by atoms with Gasteiger partial charge in [-0.15, -0.1) is 0 Å². The van der Waals surface area contributed by atoms with E-state index in [2.05, 4.69) is 17.0 Å². The van der Waals surface area contributed by atoms with Gasteiger partial charge in [-0.25, -0.2) is 0 Å². The summed E-state index contributed by atoms with van der Waals surface area (Å²) in [5, 5.41) is 17.7. The first-order valence-electron chi connectivity index (χ1n) is 7.60. The van der Waals surface area contributed by atoms with Crippen LogP contribution in [0.5, 0.6) is 0 Å². The summed E-state index contributed by atoms with van der Waals surface area (Å²) in [6.45, 7) is 2.56. The number of anilines is 2. The number of unbranched alkanes of at least 4 members (excludes halogenated alkanes) is 4. The molecule has 20 heavy (non-hydrogen) atoms. The van der Waals surface area contributed by atoms with Crippen molar-refractivity contribution in [3.8, 4) is 0 Å². The van der Waals surface area contributed by atoms with Gasteiger partial charge in [-0.2, -0.15) is 0 Å². The highest BCUT2D eigenvalue weighted by Gasteiger charge is 2.06. The van der Waals surface area contributed by atoms with Gasteiger partial charge in [-0.1, -0.05) is 0 Å². The fourth-order valence-electron chi connectivity index (χ4n) is 2.24. The Morgan fingerprint density at radius 1 is 0.750 bits per heavy atom. The molecule has 4 nitrogen and oxygen atoms in total. The summed E-state index contributed by atoms with van der Waals surface area (Å²) in [4.78, 5) is 2.37. The quantitative estimate of drug-likeness (QED) is 0.430. The second kappa shape index (κ2) is 10.5. The lowest BCUT2D eigenvalue weighted by Crippen LogP contribution is -2.25. The van der Waals surface area contributed by atoms with Gasteiger partial charge >= 0.3 is 0 Å². The van der Waals surface area contributed by atoms with Crippen LogP contribution in [-0.2, 0) is 0 Å². The molecule has 4 heteroatoms. The Labute approximate surface area is 122 Å².